The van der Waals surface area contributed by atoms with Crippen molar-refractivity contribution in [1.82, 2.24) is 5.32 Å². The Balaban J connectivity index is 1.74. The van der Waals surface area contributed by atoms with Crippen molar-refractivity contribution in [2.45, 2.75) is 57.6 Å². The molecule has 0 heterocycles. The second-order valence-electron chi connectivity index (χ2n) is 6.90. The summed E-state index contributed by atoms with van der Waals surface area (Å²) in [6.45, 7) is -5.02. The minimum Gasteiger partial charge on any atom is -0.508 e. The summed E-state index contributed by atoms with van der Waals surface area (Å²) in [5, 5.41) is 32.6. The molecule has 0 aliphatic rings. The Morgan fingerprint density at radius 2 is 1.77 bits per heavy atom. The van der Waals surface area contributed by atoms with Gasteiger partial charge >= 0.3 is 0 Å². The second kappa shape index (κ2) is 15.0. The lowest BCUT2D eigenvalue weighted by Crippen LogP contribution is -2.22. The number of aryl methyl sites for hydroxylation is 1. The molecule has 0 fully saturated rings. The normalized spacial score (nSPS) is 18.1. The summed E-state index contributed by atoms with van der Waals surface area (Å²) in [5.41, 5.74) is 0.270. The zero-order chi connectivity index (χ0) is 28.6. The molecule has 5 nitrogen and oxygen atoms in total. The number of rotatable bonds is 16. The zero-order valence-electron chi connectivity index (χ0n) is 25.2. The number of ether oxygens (including phenoxy) is 1. The van der Waals surface area contributed by atoms with Crippen molar-refractivity contribution < 1.29 is 31.0 Å². The molecule has 0 aromatic heterocycles. The van der Waals surface area contributed by atoms with Gasteiger partial charge < -0.3 is 25.4 Å². The molecule has 0 aliphatic carbocycles. The first-order valence-corrected chi connectivity index (χ1v) is 10.3. The quantitative estimate of drug-likeness (QED) is 0.306. The van der Waals surface area contributed by atoms with Crippen molar-refractivity contribution in [2.24, 2.45) is 0 Å². The molecule has 0 aliphatic heterocycles. The van der Waals surface area contributed by atoms with Gasteiger partial charge in [-0.05, 0) is 61.9 Å². The summed E-state index contributed by atoms with van der Waals surface area (Å²) >= 11 is 0. The van der Waals surface area contributed by atoms with Gasteiger partial charge in [0.15, 0.2) is 0 Å². The predicted molar refractivity (Wildman–Crippen MR) is 121 cm³/mol. The van der Waals surface area contributed by atoms with E-state index in [1.165, 1.54) is 0 Å². The highest BCUT2D eigenvalue weighted by molar-refractivity contribution is 5.36. The van der Waals surface area contributed by atoms with Gasteiger partial charge in [0.2, 0.25) is 0 Å². The molecule has 1 atom stereocenters. The Labute approximate surface area is 192 Å². The molecular formula is C25H37NO4. The molecule has 0 saturated heterocycles. The first-order chi connectivity index (χ1) is 17.7. The van der Waals surface area contributed by atoms with E-state index in [2.05, 4.69) is 5.32 Å². The molecule has 0 saturated carbocycles. The molecule has 2 rings (SSSR count). The van der Waals surface area contributed by atoms with Crippen LogP contribution in [0, 0.1) is 0 Å². The largest absolute Gasteiger partial charge is 0.508 e. The third-order valence-electron chi connectivity index (χ3n) is 4.47. The van der Waals surface area contributed by atoms with Crippen LogP contribution in [0.25, 0.3) is 0 Å². The number of phenols is 1. The van der Waals surface area contributed by atoms with Crippen LogP contribution in [-0.2, 0) is 17.8 Å². The van der Waals surface area contributed by atoms with Crippen LogP contribution < -0.4 is 5.32 Å². The van der Waals surface area contributed by atoms with Gasteiger partial charge in [0.1, 0.15) is 5.75 Å². The lowest BCUT2D eigenvalue weighted by molar-refractivity contribution is 0.126. The van der Waals surface area contributed by atoms with Crippen LogP contribution in [-0.4, -0.2) is 41.5 Å². The van der Waals surface area contributed by atoms with Crippen molar-refractivity contribution in [3.63, 3.8) is 0 Å². The Morgan fingerprint density at radius 3 is 2.53 bits per heavy atom. The number of unbranched alkanes of at least 4 members (excludes halogenated alkanes) is 2. The van der Waals surface area contributed by atoms with Gasteiger partial charge in [0, 0.05) is 25.2 Å². The van der Waals surface area contributed by atoms with E-state index in [4.69, 9.17) is 15.7 Å². The fraction of sp³-hybridized carbons (Fsp3) is 0.520. The maximum Gasteiger partial charge on any atom is 0.121 e. The zero-order valence-corrected chi connectivity index (χ0v) is 17.2. The van der Waals surface area contributed by atoms with Crippen molar-refractivity contribution >= 4 is 0 Å². The van der Waals surface area contributed by atoms with E-state index in [0.29, 0.717) is 38.6 Å². The van der Waals surface area contributed by atoms with E-state index < -0.39 is 55.2 Å². The van der Waals surface area contributed by atoms with E-state index in [1.54, 1.807) is 0 Å². The van der Waals surface area contributed by atoms with E-state index in [1.807, 2.05) is 30.3 Å². The van der Waals surface area contributed by atoms with Gasteiger partial charge in [0.05, 0.1) is 23.7 Å². The third-order valence-corrected chi connectivity index (χ3v) is 4.47. The van der Waals surface area contributed by atoms with Crippen LogP contribution in [0.3, 0.4) is 0 Å². The first-order valence-electron chi connectivity index (χ1n) is 14.3. The highest BCUT2D eigenvalue weighted by Gasteiger charge is 2.09. The number of hydrogen-bond acceptors (Lipinski definition) is 5. The number of benzene rings is 2. The molecule has 4 N–H and O–H groups in total. The predicted octanol–water partition coefficient (Wildman–Crippen LogP) is 4.11. The minimum atomic E-state index is -2.45. The number of hydrogen-bond donors (Lipinski definition) is 4. The van der Waals surface area contributed by atoms with Gasteiger partial charge in [-0.25, -0.2) is 0 Å². The van der Waals surface area contributed by atoms with Crippen molar-refractivity contribution in [1.29, 1.82) is 0 Å². The standard InChI is InChI=1S/C25H37NO4/c27-20-23-18-22(13-14-24(23)28)25(29)19-26-15-7-1-2-8-16-30-17-9-6-12-21-10-4-3-5-11-21/h3-5,10-11,13-14,18,25-29H,1-2,6-9,12,15-17,19-20H2/i13D,14D,16D2,17D2,18D,25D. The molecule has 166 valence electrons. The van der Waals surface area contributed by atoms with E-state index >= 15 is 0 Å². The van der Waals surface area contributed by atoms with Crippen LogP contribution >= 0.6 is 0 Å². The highest BCUT2D eigenvalue weighted by Crippen LogP contribution is 2.22. The lowest BCUT2D eigenvalue weighted by Gasteiger charge is -2.14. The number of aromatic hydroxyl groups is 1. The molecule has 0 spiro atoms. The second-order valence-corrected chi connectivity index (χ2v) is 6.90. The molecule has 0 amide bonds. The summed E-state index contributed by atoms with van der Waals surface area (Å²) in [5.74, 6) is -0.723. The smallest absolute Gasteiger partial charge is 0.121 e. The monoisotopic (exact) mass is 423 g/mol. The Bertz CT molecular complexity index is 1040. The molecular weight excluding hydrogens is 378 g/mol. The van der Waals surface area contributed by atoms with Gasteiger partial charge in [-0.3, -0.25) is 0 Å². The van der Waals surface area contributed by atoms with Crippen molar-refractivity contribution in [3.8, 4) is 5.75 Å². The SMILES string of the molecule is [2H]c1c([2H])c(C([2H])(O)CNCCCCCC([2H])([2H])OC([2H])([2H])CCCc2ccccc2)c([2H])c(CO)c1O. The van der Waals surface area contributed by atoms with E-state index in [-0.39, 0.29) is 24.9 Å². The maximum absolute atomic E-state index is 10.5. The maximum atomic E-state index is 10.5. The molecule has 30 heavy (non-hydrogen) atoms. The highest BCUT2D eigenvalue weighted by atomic mass is 16.5. The molecule has 2 aromatic carbocycles. The fourth-order valence-electron chi connectivity index (χ4n) is 2.78. The summed E-state index contributed by atoms with van der Waals surface area (Å²) in [7, 11) is 0. The summed E-state index contributed by atoms with van der Waals surface area (Å²) in [6.07, 6.45) is 0.386. The number of aliphatic hydroxyl groups excluding tert-OH is 1. The average Bonchev–Trinajstić information content (AvgIpc) is 2.82. The number of aliphatic hydroxyl groups is 2. The topological polar surface area (TPSA) is 82.0 Å². The Morgan fingerprint density at radius 1 is 1.03 bits per heavy atom. The van der Waals surface area contributed by atoms with Crippen molar-refractivity contribution in [2.75, 3.05) is 26.2 Å². The van der Waals surface area contributed by atoms with Gasteiger partial charge in [-0.1, -0.05) is 49.2 Å². The average molecular weight is 424 g/mol. The molecule has 0 radical (unpaired) electrons. The van der Waals surface area contributed by atoms with Gasteiger partial charge in [0.25, 0.3) is 0 Å². The van der Waals surface area contributed by atoms with Gasteiger partial charge in [-0.2, -0.15) is 0 Å². The van der Waals surface area contributed by atoms with Gasteiger partial charge in [-0.15, -0.1) is 0 Å². The lowest BCUT2D eigenvalue weighted by atomic mass is 10.1. The summed E-state index contributed by atoms with van der Waals surface area (Å²) in [6, 6.07) is 7.76. The Hall–Kier alpha value is -1.92. The molecule has 1 unspecified atom stereocenters. The minimum absolute atomic E-state index is 0.00169. The molecule has 2 aromatic rings. The van der Waals surface area contributed by atoms with E-state index in [9.17, 15) is 15.3 Å². The molecule has 0 bridgehead atoms. The summed E-state index contributed by atoms with van der Waals surface area (Å²) in [4.78, 5) is 0. The molecule has 5 heteroatoms. The Kier molecular flexibility index (Phi) is 7.47. The third kappa shape index (κ3) is 9.72. The van der Waals surface area contributed by atoms with Crippen LogP contribution in [0.2, 0.25) is 0 Å². The van der Waals surface area contributed by atoms with Crippen LogP contribution in [0.15, 0.2) is 48.5 Å². The van der Waals surface area contributed by atoms with Crippen LogP contribution in [0.1, 0.15) is 72.3 Å². The number of nitrogens with one attached hydrogen (secondary N) is 1. The summed E-state index contributed by atoms with van der Waals surface area (Å²) < 4.78 is 69.1. The first kappa shape index (κ1) is 15.0. The van der Waals surface area contributed by atoms with Crippen molar-refractivity contribution in [3.05, 3.63) is 65.1 Å². The van der Waals surface area contributed by atoms with Crippen LogP contribution in [0.5, 0.6) is 5.75 Å². The fourth-order valence-corrected chi connectivity index (χ4v) is 2.78. The van der Waals surface area contributed by atoms with Crippen LogP contribution in [0.4, 0.5) is 0 Å². The van der Waals surface area contributed by atoms with E-state index in [0.717, 1.165) is 5.56 Å².